The Morgan fingerprint density at radius 2 is 2.19 bits per heavy atom. The Labute approximate surface area is 126 Å². The third kappa shape index (κ3) is 3.52. The van der Waals surface area contributed by atoms with Gasteiger partial charge in [0.25, 0.3) is 5.91 Å². The highest BCUT2D eigenvalue weighted by Gasteiger charge is 2.24. The Morgan fingerprint density at radius 1 is 1.43 bits per heavy atom. The summed E-state index contributed by atoms with van der Waals surface area (Å²) in [5, 5.41) is 10.9. The molecule has 2 rings (SSSR count). The van der Waals surface area contributed by atoms with Gasteiger partial charge in [-0.15, -0.1) is 11.3 Å². The topological polar surface area (TPSA) is 70.8 Å². The van der Waals surface area contributed by atoms with E-state index in [0.717, 1.165) is 4.88 Å². The van der Waals surface area contributed by atoms with Crippen molar-refractivity contribution in [2.24, 2.45) is 0 Å². The normalized spacial score (nSPS) is 10.6. The maximum Gasteiger partial charge on any atom is 0.311 e. The second-order valence-electron chi connectivity index (χ2n) is 4.69. The lowest BCUT2D eigenvalue weighted by atomic mass is 10.1. The summed E-state index contributed by atoms with van der Waals surface area (Å²) >= 11 is 1.59. The standard InChI is InChI=1S/C15H17NO4S/c1-3-16(8-11-5-4-6-21-11)15(19)14-10(2)9-20-12(14)7-13(17)18/h4-6,9H,3,7-8H2,1-2H3,(H,17,18). The number of carboxylic acids is 1. The second kappa shape index (κ2) is 6.58. The molecule has 0 aliphatic heterocycles. The van der Waals surface area contributed by atoms with E-state index < -0.39 is 5.97 Å². The molecule has 0 radical (unpaired) electrons. The summed E-state index contributed by atoms with van der Waals surface area (Å²) in [4.78, 5) is 26.3. The number of nitrogens with zero attached hydrogens (tertiary/aromatic N) is 1. The van der Waals surface area contributed by atoms with Crippen molar-refractivity contribution < 1.29 is 19.1 Å². The average Bonchev–Trinajstić information content (AvgIpc) is 3.05. The molecule has 2 aromatic rings. The summed E-state index contributed by atoms with van der Waals surface area (Å²) in [7, 11) is 0. The van der Waals surface area contributed by atoms with Crippen LogP contribution in [-0.2, 0) is 17.8 Å². The fourth-order valence-corrected chi connectivity index (χ4v) is 2.85. The van der Waals surface area contributed by atoms with Gasteiger partial charge < -0.3 is 14.4 Å². The predicted molar refractivity (Wildman–Crippen MR) is 79.5 cm³/mol. The molecule has 1 N–H and O–H groups in total. The number of hydrogen-bond donors (Lipinski definition) is 1. The van der Waals surface area contributed by atoms with Crippen LogP contribution >= 0.6 is 11.3 Å². The largest absolute Gasteiger partial charge is 0.481 e. The van der Waals surface area contributed by atoms with Crippen LogP contribution in [0.15, 0.2) is 28.2 Å². The minimum atomic E-state index is -1.01. The van der Waals surface area contributed by atoms with E-state index in [1.54, 1.807) is 23.2 Å². The highest BCUT2D eigenvalue weighted by atomic mass is 32.1. The molecule has 0 saturated heterocycles. The smallest absolute Gasteiger partial charge is 0.311 e. The molecule has 0 spiro atoms. The van der Waals surface area contributed by atoms with Crippen LogP contribution in [0.5, 0.6) is 0 Å². The minimum Gasteiger partial charge on any atom is -0.481 e. The molecule has 0 aliphatic rings. The second-order valence-corrected chi connectivity index (χ2v) is 5.72. The molecule has 0 atom stereocenters. The molecule has 5 nitrogen and oxygen atoms in total. The van der Waals surface area contributed by atoms with E-state index in [2.05, 4.69) is 0 Å². The molecular weight excluding hydrogens is 290 g/mol. The molecule has 0 fully saturated rings. The van der Waals surface area contributed by atoms with Gasteiger partial charge in [-0.2, -0.15) is 0 Å². The number of carboxylic acid groups (broad SMARTS) is 1. The van der Waals surface area contributed by atoms with E-state index in [0.29, 0.717) is 24.2 Å². The Kier molecular flexibility index (Phi) is 4.80. The van der Waals surface area contributed by atoms with Crippen molar-refractivity contribution in [2.45, 2.75) is 26.8 Å². The highest BCUT2D eigenvalue weighted by molar-refractivity contribution is 7.09. The van der Waals surface area contributed by atoms with Crippen molar-refractivity contribution in [1.82, 2.24) is 4.90 Å². The lowest BCUT2D eigenvalue weighted by Crippen LogP contribution is -2.31. The van der Waals surface area contributed by atoms with Gasteiger partial charge in [-0.25, -0.2) is 0 Å². The molecule has 2 aromatic heterocycles. The Bertz CT molecular complexity index is 630. The number of amides is 1. The van der Waals surface area contributed by atoms with E-state index >= 15 is 0 Å². The number of hydrogen-bond acceptors (Lipinski definition) is 4. The van der Waals surface area contributed by atoms with Crippen LogP contribution in [0, 0.1) is 6.92 Å². The summed E-state index contributed by atoms with van der Waals surface area (Å²) in [6, 6.07) is 3.91. The first-order chi connectivity index (χ1) is 10.0. The quantitative estimate of drug-likeness (QED) is 0.890. The molecule has 0 unspecified atom stereocenters. The van der Waals surface area contributed by atoms with Crippen molar-refractivity contribution in [3.63, 3.8) is 0 Å². The van der Waals surface area contributed by atoms with E-state index in [4.69, 9.17) is 9.52 Å². The fourth-order valence-electron chi connectivity index (χ4n) is 2.13. The molecule has 0 aromatic carbocycles. The maximum absolute atomic E-state index is 12.7. The molecular formula is C15H17NO4S. The minimum absolute atomic E-state index is 0.187. The zero-order valence-corrected chi connectivity index (χ0v) is 12.8. The van der Waals surface area contributed by atoms with Crippen molar-refractivity contribution in [3.05, 3.63) is 45.5 Å². The molecule has 0 bridgehead atoms. The first-order valence-corrected chi connectivity index (χ1v) is 7.51. The maximum atomic E-state index is 12.7. The summed E-state index contributed by atoms with van der Waals surface area (Å²) in [6.45, 7) is 4.72. The Hall–Kier alpha value is -2.08. The fraction of sp³-hybridized carbons (Fsp3) is 0.333. The van der Waals surface area contributed by atoms with Crippen molar-refractivity contribution in [1.29, 1.82) is 0 Å². The van der Waals surface area contributed by atoms with Crippen molar-refractivity contribution in [2.75, 3.05) is 6.54 Å². The zero-order chi connectivity index (χ0) is 15.4. The lowest BCUT2D eigenvalue weighted by molar-refractivity contribution is -0.136. The predicted octanol–water partition coefficient (Wildman–Crippen LogP) is 2.94. The summed E-state index contributed by atoms with van der Waals surface area (Å²) in [5.41, 5.74) is 1.04. The number of carbonyl (C=O) groups excluding carboxylic acids is 1. The van der Waals surface area contributed by atoms with Crippen LogP contribution in [0.4, 0.5) is 0 Å². The van der Waals surface area contributed by atoms with Crippen LogP contribution in [-0.4, -0.2) is 28.4 Å². The van der Waals surface area contributed by atoms with Crippen molar-refractivity contribution in [3.8, 4) is 0 Å². The van der Waals surface area contributed by atoms with Crippen molar-refractivity contribution >= 4 is 23.2 Å². The van der Waals surface area contributed by atoms with E-state index in [1.807, 2.05) is 24.4 Å². The van der Waals surface area contributed by atoms with Gasteiger partial charge in [0.2, 0.25) is 0 Å². The first kappa shape index (κ1) is 15.3. The molecule has 0 aliphatic carbocycles. The van der Waals surface area contributed by atoms with Gasteiger partial charge in [-0.05, 0) is 25.3 Å². The number of rotatable bonds is 6. The van der Waals surface area contributed by atoms with Crippen LogP contribution < -0.4 is 0 Å². The van der Waals surface area contributed by atoms with Gasteiger partial charge in [0.1, 0.15) is 12.2 Å². The number of aliphatic carboxylic acids is 1. The van der Waals surface area contributed by atoms with Gasteiger partial charge in [-0.1, -0.05) is 6.07 Å². The van der Waals surface area contributed by atoms with Crippen LogP contribution in [0.1, 0.15) is 33.5 Å². The Morgan fingerprint density at radius 3 is 2.76 bits per heavy atom. The lowest BCUT2D eigenvalue weighted by Gasteiger charge is -2.20. The number of thiophene rings is 1. The summed E-state index contributed by atoms with van der Waals surface area (Å²) in [5.74, 6) is -0.984. The van der Waals surface area contributed by atoms with E-state index in [1.165, 1.54) is 6.26 Å². The van der Waals surface area contributed by atoms with Gasteiger partial charge in [0, 0.05) is 17.0 Å². The SMILES string of the molecule is CCN(Cc1cccs1)C(=O)c1c(C)coc1CC(=O)O. The van der Waals surface area contributed by atoms with Crippen LogP contribution in [0.2, 0.25) is 0 Å². The Balaban J connectivity index is 2.25. The summed E-state index contributed by atoms with van der Waals surface area (Å²) in [6.07, 6.45) is 1.15. The number of carbonyl (C=O) groups is 2. The van der Waals surface area contributed by atoms with E-state index in [9.17, 15) is 9.59 Å². The third-order valence-corrected chi connectivity index (χ3v) is 4.03. The van der Waals surface area contributed by atoms with Gasteiger partial charge >= 0.3 is 5.97 Å². The van der Waals surface area contributed by atoms with Gasteiger partial charge in [-0.3, -0.25) is 9.59 Å². The average molecular weight is 307 g/mol. The molecule has 0 saturated carbocycles. The first-order valence-electron chi connectivity index (χ1n) is 6.63. The molecule has 6 heteroatoms. The molecule has 21 heavy (non-hydrogen) atoms. The van der Waals surface area contributed by atoms with Crippen LogP contribution in [0.3, 0.4) is 0 Å². The van der Waals surface area contributed by atoms with Crippen LogP contribution in [0.25, 0.3) is 0 Å². The summed E-state index contributed by atoms with van der Waals surface area (Å²) < 4.78 is 5.23. The molecule has 2 heterocycles. The van der Waals surface area contributed by atoms with Gasteiger partial charge in [0.15, 0.2) is 0 Å². The third-order valence-electron chi connectivity index (χ3n) is 3.17. The molecule has 1 amide bonds. The number of furan rings is 1. The highest BCUT2D eigenvalue weighted by Crippen LogP contribution is 2.21. The van der Waals surface area contributed by atoms with Gasteiger partial charge in [0.05, 0.1) is 18.4 Å². The van der Waals surface area contributed by atoms with E-state index in [-0.39, 0.29) is 18.1 Å². The monoisotopic (exact) mass is 307 g/mol. The molecule has 112 valence electrons. The number of aryl methyl sites for hydroxylation is 1. The zero-order valence-electron chi connectivity index (χ0n) is 12.0.